The van der Waals surface area contributed by atoms with Gasteiger partial charge in [-0.25, -0.2) is 4.68 Å². The second-order valence-electron chi connectivity index (χ2n) is 4.50. The highest BCUT2D eigenvalue weighted by Gasteiger charge is 2.30. The van der Waals surface area contributed by atoms with Crippen LogP contribution < -0.4 is 0 Å². The molecule has 0 unspecified atom stereocenters. The van der Waals surface area contributed by atoms with Crippen molar-refractivity contribution in [1.29, 1.82) is 0 Å². The number of nitrogens with zero attached hydrogens (tertiary/aromatic N) is 3. The summed E-state index contributed by atoms with van der Waals surface area (Å²) in [6.07, 6.45) is -0.406. The number of amides is 1. The van der Waals surface area contributed by atoms with E-state index in [1.165, 1.54) is 11.8 Å². The van der Waals surface area contributed by atoms with Gasteiger partial charge in [0.1, 0.15) is 0 Å². The molecule has 1 aliphatic rings. The van der Waals surface area contributed by atoms with Gasteiger partial charge in [-0.05, 0) is 13.8 Å². The van der Waals surface area contributed by atoms with Gasteiger partial charge in [0, 0.05) is 24.3 Å². The maximum Gasteiger partial charge on any atom is 0.333 e. The van der Waals surface area contributed by atoms with Gasteiger partial charge in [-0.3, -0.25) is 4.79 Å². The number of likely N-dealkylation sites (tertiary alicyclic amines) is 1. The Morgan fingerprint density at radius 2 is 2.11 bits per heavy atom. The topological polar surface area (TPSA) is 58.4 Å². The highest BCUT2D eigenvalue weighted by molar-refractivity contribution is 5.80. The van der Waals surface area contributed by atoms with Crippen molar-refractivity contribution in [3.05, 3.63) is 17.0 Å². The van der Waals surface area contributed by atoms with E-state index in [-0.39, 0.29) is 12.3 Å². The van der Waals surface area contributed by atoms with Crippen molar-refractivity contribution in [1.82, 2.24) is 14.7 Å². The highest BCUT2D eigenvalue weighted by atomic mass is 19.3. The lowest BCUT2D eigenvalue weighted by atomic mass is 10.1. The van der Waals surface area contributed by atoms with E-state index in [1.54, 1.807) is 6.92 Å². The number of hydrogen-bond acceptors (Lipinski definition) is 3. The Labute approximate surface area is 103 Å². The molecule has 1 aromatic rings. The van der Waals surface area contributed by atoms with Gasteiger partial charge in [-0.15, -0.1) is 0 Å². The zero-order chi connectivity index (χ0) is 13.4. The van der Waals surface area contributed by atoms with Crippen molar-refractivity contribution >= 4 is 5.91 Å². The first-order valence-electron chi connectivity index (χ1n) is 5.68. The molecule has 18 heavy (non-hydrogen) atoms. The van der Waals surface area contributed by atoms with Crippen LogP contribution in [0.4, 0.5) is 8.78 Å². The molecule has 1 amide bonds. The lowest BCUT2D eigenvalue weighted by Crippen LogP contribution is -2.54. The summed E-state index contributed by atoms with van der Waals surface area (Å²) >= 11 is 0. The number of carbonyl (C=O) groups excluding carboxylic acids is 1. The molecule has 2 rings (SSSR count). The maximum atomic E-state index is 12.6. The Morgan fingerprint density at radius 1 is 1.50 bits per heavy atom. The molecule has 7 heteroatoms. The summed E-state index contributed by atoms with van der Waals surface area (Å²) in [5, 5.41) is 12.8. The number of aromatic nitrogens is 2. The molecule has 1 aromatic heterocycles. The lowest BCUT2D eigenvalue weighted by Gasteiger charge is -2.35. The molecule has 0 aromatic carbocycles. The molecule has 1 fully saturated rings. The second kappa shape index (κ2) is 4.64. The van der Waals surface area contributed by atoms with Gasteiger partial charge in [-0.2, -0.15) is 13.9 Å². The van der Waals surface area contributed by atoms with E-state index in [0.29, 0.717) is 34.7 Å². The molecule has 1 N–H and O–H groups in total. The van der Waals surface area contributed by atoms with Gasteiger partial charge in [-0.1, -0.05) is 0 Å². The molecular weight excluding hydrogens is 244 g/mol. The van der Waals surface area contributed by atoms with E-state index in [9.17, 15) is 13.6 Å². The quantitative estimate of drug-likeness (QED) is 0.866. The third kappa shape index (κ3) is 2.22. The molecule has 0 atom stereocenters. The second-order valence-corrected chi connectivity index (χ2v) is 4.50. The number of aliphatic hydroxyl groups is 1. The smallest absolute Gasteiger partial charge is 0.333 e. The van der Waals surface area contributed by atoms with Gasteiger partial charge >= 0.3 is 6.55 Å². The summed E-state index contributed by atoms with van der Waals surface area (Å²) in [4.78, 5) is 13.3. The molecule has 1 aliphatic heterocycles. The summed E-state index contributed by atoms with van der Waals surface area (Å²) in [6.45, 7) is 1.08. The Kier molecular flexibility index (Phi) is 3.34. The van der Waals surface area contributed by atoms with Crippen molar-refractivity contribution < 1.29 is 18.7 Å². The van der Waals surface area contributed by atoms with Crippen molar-refractivity contribution in [2.45, 2.75) is 32.9 Å². The minimum Gasteiger partial charge on any atom is -0.389 e. The summed E-state index contributed by atoms with van der Waals surface area (Å²) in [5.41, 5.74) is 1.31. The predicted molar refractivity (Wildman–Crippen MR) is 59.2 cm³/mol. The Balaban J connectivity index is 2.12. The summed E-state index contributed by atoms with van der Waals surface area (Å²) in [5.74, 6) is -0.166. The molecule has 1 saturated heterocycles. The number of hydrogen-bond donors (Lipinski definition) is 1. The van der Waals surface area contributed by atoms with Crippen LogP contribution in [-0.2, 0) is 11.2 Å². The van der Waals surface area contributed by atoms with Crippen molar-refractivity contribution in [3.8, 4) is 0 Å². The van der Waals surface area contributed by atoms with E-state index in [2.05, 4.69) is 5.10 Å². The fourth-order valence-electron chi connectivity index (χ4n) is 2.06. The third-order valence-corrected chi connectivity index (χ3v) is 3.20. The van der Waals surface area contributed by atoms with E-state index < -0.39 is 12.7 Å². The zero-order valence-corrected chi connectivity index (χ0v) is 10.2. The first-order valence-corrected chi connectivity index (χ1v) is 5.68. The molecule has 0 aliphatic carbocycles. The average molecular weight is 259 g/mol. The molecule has 100 valence electrons. The molecule has 2 heterocycles. The minimum absolute atomic E-state index is 0.0527. The van der Waals surface area contributed by atoms with Crippen LogP contribution in [0, 0.1) is 13.8 Å². The zero-order valence-electron chi connectivity index (χ0n) is 10.2. The largest absolute Gasteiger partial charge is 0.389 e. The van der Waals surface area contributed by atoms with Crippen LogP contribution in [0.2, 0.25) is 0 Å². The highest BCUT2D eigenvalue weighted by Crippen LogP contribution is 2.21. The molecular formula is C11H15F2N3O2. The number of alkyl halides is 2. The van der Waals surface area contributed by atoms with Crippen LogP contribution in [-0.4, -0.2) is 44.9 Å². The van der Waals surface area contributed by atoms with Crippen molar-refractivity contribution in [3.63, 3.8) is 0 Å². The number of carbonyl (C=O) groups is 1. The fourth-order valence-corrected chi connectivity index (χ4v) is 2.06. The van der Waals surface area contributed by atoms with Crippen molar-refractivity contribution in [2.75, 3.05) is 13.1 Å². The van der Waals surface area contributed by atoms with E-state index in [1.807, 2.05) is 0 Å². The van der Waals surface area contributed by atoms with Crippen LogP contribution in [0.1, 0.15) is 23.5 Å². The lowest BCUT2D eigenvalue weighted by molar-refractivity contribution is -0.140. The number of halogens is 2. The van der Waals surface area contributed by atoms with E-state index in [4.69, 9.17) is 5.11 Å². The number of rotatable bonds is 3. The van der Waals surface area contributed by atoms with Gasteiger partial charge in [0.25, 0.3) is 0 Å². The van der Waals surface area contributed by atoms with Gasteiger partial charge in [0.2, 0.25) is 5.91 Å². The number of β-amino-alcohol motifs (C(OH)–C–C–N with tert-alkyl or cyclic N) is 1. The SMILES string of the molecule is Cc1nn(C(F)F)c(C)c1CC(=O)N1CC(O)C1. The molecule has 0 bridgehead atoms. The normalized spacial score (nSPS) is 16.2. The molecule has 5 nitrogen and oxygen atoms in total. The van der Waals surface area contributed by atoms with Crippen LogP contribution >= 0.6 is 0 Å². The fraction of sp³-hybridized carbons (Fsp3) is 0.636. The maximum absolute atomic E-state index is 12.6. The first-order chi connectivity index (χ1) is 8.40. The van der Waals surface area contributed by atoms with Crippen LogP contribution in [0.3, 0.4) is 0 Å². The Morgan fingerprint density at radius 3 is 2.56 bits per heavy atom. The van der Waals surface area contributed by atoms with Crippen molar-refractivity contribution in [2.24, 2.45) is 0 Å². The Bertz CT molecular complexity index is 467. The summed E-state index contributed by atoms with van der Waals surface area (Å²) in [7, 11) is 0. The molecule has 0 spiro atoms. The van der Waals surface area contributed by atoms with E-state index in [0.717, 1.165) is 0 Å². The minimum atomic E-state index is -2.70. The van der Waals surface area contributed by atoms with Crippen LogP contribution in [0.15, 0.2) is 0 Å². The number of aryl methyl sites for hydroxylation is 1. The summed E-state index contributed by atoms with van der Waals surface area (Å²) < 4.78 is 25.9. The van der Waals surface area contributed by atoms with Crippen LogP contribution in [0.5, 0.6) is 0 Å². The average Bonchev–Trinajstić information content (AvgIpc) is 2.52. The first kappa shape index (κ1) is 12.9. The molecule has 0 radical (unpaired) electrons. The van der Waals surface area contributed by atoms with Gasteiger partial charge in [0.05, 0.1) is 18.2 Å². The van der Waals surface area contributed by atoms with Gasteiger partial charge < -0.3 is 10.0 Å². The predicted octanol–water partition coefficient (Wildman–Crippen LogP) is 0.641. The Hall–Kier alpha value is -1.50. The number of aliphatic hydroxyl groups excluding tert-OH is 1. The van der Waals surface area contributed by atoms with E-state index >= 15 is 0 Å². The van der Waals surface area contributed by atoms with Gasteiger partial charge in [0.15, 0.2) is 0 Å². The molecule has 0 saturated carbocycles. The standard InChI is InChI=1S/C11H15F2N3O2/c1-6-9(7(2)16(14-6)11(12)13)3-10(18)15-4-8(17)5-15/h8,11,17H,3-5H2,1-2H3. The third-order valence-electron chi connectivity index (χ3n) is 3.20. The van der Waals surface area contributed by atoms with Crippen LogP contribution in [0.25, 0.3) is 0 Å². The monoisotopic (exact) mass is 259 g/mol. The summed E-state index contributed by atoms with van der Waals surface area (Å²) in [6, 6.07) is 0.